The normalized spacial score (nSPS) is 24.5. The van der Waals surface area contributed by atoms with Crippen LogP contribution in [0.1, 0.15) is 71.3 Å². The minimum Gasteiger partial charge on any atom is -0.497 e. The van der Waals surface area contributed by atoms with E-state index >= 15 is 0 Å². The second kappa shape index (κ2) is 14.7. The van der Waals surface area contributed by atoms with Gasteiger partial charge in [0.1, 0.15) is 17.8 Å². The van der Waals surface area contributed by atoms with Gasteiger partial charge in [0.15, 0.2) is 0 Å². The number of carbonyl (C=O) groups excluding carboxylic acids is 5. The summed E-state index contributed by atoms with van der Waals surface area (Å²) in [6.45, 7) is 5.42. The first-order chi connectivity index (χ1) is 22.4. The molecule has 3 atom stereocenters. The molecule has 2 aromatic carbocycles. The number of anilines is 1. The Morgan fingerprint density at radius 3 is 1.89 bits per heavy atom. The highest BCUT2D eigenvalue weighted by Crippen LogP contribution is 2.60. The third-order valence-electron chi connectivity index (χ3n) is 10.1. The summed E-state index contributed by atoms with van der Waals surface area (Å²) in [5.74, 6) is -0.372. The Balaban J connectivity index is 1.28. The van der Waals surface area contributed by atoms with Crippen molar-refractivity contribution in [3.05, 3.63) is 60.2 Å². The number of hydrogen-bond acceptors (Lipinski definition) is 6. The van der Waals surface area contributed by atoms with Crippen LogP contribution in [0.4, 0.5) is 5.69 Å². The number of rotatable bonds is 14. The lowest BCUT2D eigenvalue weighted by Gasteiger charge is -2.55. The SMILES string of the molecule is COc1ccc(C[C@H](NC(=O)[C@H](C)NC(=O)C23CC4CC(CC(C4)C2)C3)C(=O)N[C@@H](CC(C)C)C(=O)C(=O)Nc2ccccc2)cc1. The summed E-state index contributed by atoms with van der Waals surface area (Å²) in [5.41, 5.74) is 0.813. The average molecular weight is 645 g/mol. The first kappa shape index (κ1) is 34.1. The zero-order chi connectivity index (χ0) is 33.7. The van der Waals surface area contributed by atoms with Crippen molar-refractivity contribution in [1.82, 2.24) is 16.0 Å². The highest BCUT2D eigenvalue weighted by atomic mass is 16.5. The molecule has 0 spiro atoms. The fourth-order valence-electron chi connectivity index (χ4n) is 8.15. The van der Waals surface area contributed by atoms with E-state index in [0.717, 1.165) is 24.8 Å². The molecular weight excluding hydrogens is 596 g/mol. The Morgan fingerprint density at radius 1 is 0.766 bits per heavy atom. The molecule has 0 heterocycles. The van der Waals surface area contributed by atoms with E-state index in [1.54, 1.807) is 68.6 Å². The minimum absolute atomic E-state index is 0.0109. The zero-order valence-electron chi connectivity index (χ0n) is 27.8. The monoisotopic (exact) mass is 644 g/mol. The van der Waals surface area contributed by atoms with E-state index in [2.05, 4.69) is 21.3 Å². The molecule has 4 fully saturated rings. The quantitative estimate of drug-likeness (QED) is 0.227. The Labute approximate surface area is 277 Å². The molecule has 0 radical (unpaired) electrons. The molecular formula is C37H48N4O6. The van der Waals surface area contributed by atoms with Gasteiger partial charge in [-0.05, 0) is 105 Å². The molecule has 4 saturated carbocycles. The standard InChI is InChI=1S/C37H48N4O6/c1-22(2)14-30(32(42)35(45)39-28-8-6-5-7-9-28)40-34(44)31(18-24-10-12-29(47-4)13-11-24)41-33(43)23(3)38-36(46)37-19-25-15-26(20-37)17-27(16-25)21-37/h5-13,22-23,25-27,30-31H,14-21H2,1-4H3,(H,38,46)(H,39,45)(H,40,44)(H,41,43)/t23-,25?,26?,27?,30-,31-,37?/m0/s1. The van der Waals surface area contributed by atoms with Gasteiger partial charge in [-0.15, -0.1) is 0 Å². The minimum atomic E-state index is -1.10. The highest BCUT2D eigenvalue weighted by molar-refractivity contribution is 6.42. The number of Topliss-reactive ketones (excluding diaryl/α,β-unsaturated/α-hetero) is 1. The molecule has 2 aromatic rings. The van der Waals surface area contributed by atoms with Gasteiger partial charge in [0.2, 0.25) is 23.5 Å². The van der Waals surface area contributed by atoms with Gasteiger partial charge >= 0.3 is 0 Å². The molecule has 252 valence electrons. The molecule has 6 rings (SSSR count). The smallest absolute Gasteiger partial charge is 0.293 e. The molecule has 4 bridgehead atoms. The number of carbonyl (C=O) groups is 5. The van der Waals surface area contributed by atoms with Crippen molar-refractivity contribution in [1.29, 1.82) is 0 Å². The Bertz CT molecular complexity index is 1420. The maximum atomic E-state index is 13.8. The van der Waals surface area contributed by atoms with Crippen LogP contribution in [-0.4, -0.2) is 54.6 Å². The Kier molecular flexibility index (Phi) is 10.7. The number of nitrogens with one attached hydrogen (secondary N) is 4. The summed E-state index contributed by atoms with van der Waals surface area (Å²) >= 11 is 0. The van der Waals surface area contributed by atoms with Crippen LogP contribution >= 0.6 is 0 Å². The van der Waals surface area contributed by atoms with Crippen molar-refractivity contribution in [3.8, 4) is 5.75 Å². The van der Waals surface area contributed by atoms with Crippen LogP contribution in [-0.2, 0) is 30.4 Å². The fraction of sp³-hybridized carbons (Fsp3) is 0.541. The summed E-state index contributed by atoms with van der Waals surface area (Å²) in [7, 11) is 1.56. The maximum Gasteiger partial charge on any atom is 0.293 e. The summed E-state index contributed by atoms with van der Waals surface area (Å²) < 4.78 is 5.26. The zero-order valence-corrected chi connectivity index (χ0v) is 27.8. The Hall–Kier alpha value is -4.21. The molecule has 4 aliphatic carbocycles. The van der Waals surface area contributed by atoms with Gasteiger partial charge in [0.05, 0.1) is 13.2 Å². The van der Waals surface area contributed by atoms with Crippen molar-refractivity contribution in [2.75, 3.05) is 12.4 Å². The van der Waals surface area contributed by atoms with Crippen molar-refractivity contribution >= 4 is 35.1 Å². The van der Waals surface area contributed by atoms with E-state index in [9.17, 15) is 24.0 Å². The predicted molar refractivity (Wildman–Crippen MR) is 178 cm³/mol. The molecule has 0 unspecified atom stereocenters. The number of para-hydroxylation sites is 1. The second-order valence-corrected chi connectivity index (χ2v) is 14.4. The van der Waals surface area contributed by atoms with Crippen LogP contribution in [0.25, 0.3) is 0 Å². The van der Waals surface area contributed by atoms with Gasteiger partial charge in [-0.25, -0.2) is 0 Å². The van der Waals surface area contributed by atoms with Crippen LogP contribution in [0.5, 0.6) is 5.75 Å². The van der Waals surface area contributed by atoms with Crippen molar-refractivity contribution in [3.63, 3.8) is 0 Å². The van der Waals surface area contributed by atoms with Crippen molar-refractivity contribution in [2.45, 2.75) is 90.3 Å². The lowest BCUT2D eigenvalue weighted by atomic mass is 9.49. The molecule has 4 N–H and O–H groups in total. The fourth-order valence-corrected chi connectivity index (χ4v) is 8.15. The number of ketones is 1. The number of methoxy groups -OCH3 is 1. The molecule has 4 aliphatic rings. The van der Waals surface area contributed by atoms with E-state index in [-0.39, 0.29) is 24.7 Å². The average Bonchev–Trinajstić information content (AvgIpc) is 3.03. The largest absolute Gasteiger partial charge is 0.497 e. The third-order valence-corrected chi connectivity index (χ3v) is 10.1. The van der Waals surface area contributed by atoms with E-state index in [0.29, 0.717) is 29.2 Å². The number of ether oxygens (including phenoxy) is 1. The molecule has 0 aromatic heterocycles. The summed E-state index contributed by atoms with van der Waals surface area (Å²) in [5, 5.41) is 11.2. The lowest BCUT2D eigenvalue weighted by molar-refractivity contribution is -0.148. The molecule has 0 aliphatic heterocycles. The summed E-state index contributed by atoms with van der Waals surface area (Å²) in [4.78, 5) is 67.3. The lowest BCUT2D eigenvalue weighted by Crippen LogP contribution is -2.59. The van der Waals surface area contributed by atoms with E-state index < -0.39 is 47.0 Å². The van der Waals surface area contributed by atoms with Crippen molar-refractivity contribution < 1.29 is 28.7 Å². The number of benzene rings is 2. The van der Waals surface area contributed by atoms with Crippen LogP contribution in [0.2, 0.25) is 0 Å². The maximum absolute atomic E-state index is 13.8. The number of amides is 4. The predicted octanol–water partition coefficient (Wildman–Crippen LogP) is 4.18. The topological polar surface area (TPSA) is 143 Å². The molecule has 10 heteroatoms. The Morgan fingerprint density at radius 2 is 1.34 bits per heavy atom. The van der Waals surface area contributed by atoms with E-state index in [1.165, 1.54) is 19.3 Å². The van der Waals surface area contributed by atoms with Gasteiger partial charge in [-0.2, -0.15) is 0 Å². The molecule has 10 nitrogen and oxygen atoms in total. The van der Waals surface area contributed by atoms with Crippen molar-refractivity contribution in [2.24, 2.45) is 29.1 Å². The van der Waals surface area contributed by atoms with Crippen LogP contribution < -0.4 is 26.0 Å². The van der Waals surface area contributed by atoms with Gasteiger partial charge in [-0.1, -0.05) is 44.2 Å². The van der Waals surface area contributed by atoms with E-state index in [4.69, 9.17) is 4.74 Å². The molecule has 4 amide bonds. The van der Waals surface area contributed by atoms with E-state index in [1.807, 2.05) is 13.8 Å². The molecule has 0 saturated heterocycles. The van der Waals surface area contributed by atoms with Gasteiger partial charge in [0, 0.05) is 17.5 Å². The molecule has 47 heavy (non-hydrogen) atoms. The van der Waals surface area contributed by atoms with Crippen LogP contribution in [0, 0.1) is 29.1 Å². The second-order valence-electron chi connectivity index (χ2n) is 14.4. The highest BCUT2D eigenvalue weighted by Gasteiger charge is 2.54. The first-order valence-electron chi connectivity index (χ1n) is 16.9. The first-order valence-corrected chi connectivity index (χ1v) is 16.9. The number of hydrogen-bond donors (Lipinski definition) is 4. The summed E-state index contributed by atoms with van der Waals surface area (Å²) in [6.07, 6.45) is 6.61. The van der Waals surface area contributed by atoms with Gasteiger partial charge < -0.3 is 26.0 Å². The third kappa shape index (κ3) is 8.39. The van der Waals surface area contributed by atoms with Gasteiger partial charge in [0.25, 0.3) is 5.91 Å². The van der Waals surface area contributed by atoms with Crippen LogP contribution in [0.15, 0.2) is 54.6 Å². The summed E-state index contributed by atoms with van der Waals surface area (Å²) in [6, 6.07) is 12.7. The van der Waals surface area contributed by atoms with Crippen LogP contribution in [0.3, 0.4) is 0 Å². The van der Waals surface area contributed by atoms with Gasteiger partial charge in [-0.3, -0.25) is 24.0 Å².